The summed E-state index contributed by atoms with van der Waals surface area (Å²) in [6.07, 6.45) is 6.21. The Kier molecular flexibility index (Phi) is 3.04. The van der Waals surface area contributed by atoms with Gasteiger partial charge in [-0.15, -0.1) is 0 Å². The van der Waals surface area contributed by atoms with Crippen LogP contribution in [0.15, 0.2) is 30.7 Å². The predicted octanol–water partition coefficient (Wildman–Crippen LogP) is 0.703. The van der Waals surface area contributed by atoms with Crippen LogP contribution < -0.4 is 5.32 Å². The normalized spacial score (nSPS) is 12.6. The quantitative estimate of drug-likeness (QED) is 0.767. The van der Waals surface area contributed by atoms with Crippen LogP contribution in [0.2, 0.25) is 0 Å². The van der Waals surface area contributed by atoms with Crippen LogP contribution in [0, 0.1) is 0 Å². The maximum absolute atomic E-state index is 4.07. The van der Waals surface area contributed by atoms with E-state index < -0.39 is 0 Å². The highest BCUT2D eigenvalue weighted by Crippen LogP contribution is 2.13. The molecule has 2 aromatic heterocycles. The second-order valence-electron chi connectivity index (χ2n) is 3.30. The van der Waals surface area contributed by atoms with E-state index in [0.717, 1.165) is 12.1 Å². The fourth-order valence-corrected chi connectivity index (χ4v) is 1.49. The molecular formula is C10H13N5. The molecule has 0 aliphatic carbocycles. The van der Waals surface area contributed by atoms with Crippen molar-refractivity contribution in [3.05, 3.63) is 42.0 Å². The molecule has 0 saturated carbocycles. The molecule has 0 saturated heterocycles. The zero-order valence-corrected chi connectivity index (χ0v) is 8.51. The van der Waals surface area contributed by atoms with Crippen LogP contribution in [0.4, 0.5) is 0 Å². The molecular weight excluding hydrogens is 190 g/mol. The number of pyridine rings is 1. The number of rotatable bonds is 4. The lowest BCUT2D eigenvalue weighted by Gasteiger charge is -2.12. The Hall–Kier alpha value is -1.75. The van der Waals surface area contributed by atoms with Crippen molar-refractivity contribution in [3.8, 4) is 0 Å². The van der Waals surface area contributed by atoms with Gasteiger partial charge in [0, 0.05) is 12.4 Å². The molecule has 2 N–H and O–H groups in total. The van der Waals surface area contributed by atoms with Crippen LogP contribution in [-0.2, 0) is 6.42 Å². The van der Waals surface area contributed by atoms with Crippen LogP contribution in [0.25, 0.3) is 0 Å². The van der Waals surface area contributed by atoms with Gasteiger partial charge in [-0.05, 0) is 31.2 Å². The average Bonchev–Trinajstić information content (AvgIpc) is 2.81. The zero-order chi connectivity index (χ0) is 10.5. The minimum Gasteiger partial charge on any atom is -0.311 e. The van der Waals surface area contributed by atoms with Gasteiger partial charge in [0.15, 0.2) is 0 Å². The van der Waals surface area contributed by atoms with Gasteiger partial charge in [-0.25, -0.2) is 0 Å². The maximum atomic E-state index is 4.07. The van der Waals surface area contributed by atoms with E-state index in [-0.39, 0.29) is 6.04 Å². The first-order chi connectivity index (χ1) is 7.40. The number of hydrogen-bond donors (Lipinski definition) is 2. The molecule has 5 nitrogen and oxygen atoms in total. The van der Waals surface area contributed by atoms with E-state index in [1.54, 1.807) is 18.6 Å². The third-order valence-corrected chi connectivity index (χ3v) is 2.33. The SMILES string of the molecule is CNC(Cc1ccncc1)c1cn[nH]n1. The predicted molar refractivity (Wildman–Crippen MR) is 56.1 cm³/mol. The average molecular weight is 203 g/mol. The zero-order valence-electron chi connectivity index (χ0n) is 8.51. The molecule has 0 fully saturated rings. The summed E-state index contributed by atoms with van der Waals surface area (Å²) in [5, 5.41) is 13.7. The molecule has 2 aromatic rings. The Balaban J connectivity index is 2.10. The first-order valence-corrected chi connectivity index (χ1v) is 4.82. The van der Waals surface area contributed by atoms with E-state index >= 15 is 0 Å². The Labute approximate surface area is 87.9 Å². The molecule has 0 bridgehead atoms. The van der Waals surface area contributed by atoms with Crippen molar-refractivity contribution in [2.45, 2.75) is 12.5 Å². The summed E-state index contributed by atoms with van der Waals surface area (Å²) in [4.78, 5) is 3.99. The summed E-state index contributed by atoms with van der Waals surface area (Å²) < 4.78 is 0. The first-order valence-electron chi connectivity index (χ1n) is 4.82. The molecule has 1 unspecified atom stereocenters. The summed E-state index contributed by atoms with van der Waals surface area (Å²) in [5.41, 5.74) is 2.15. The highest BCUT2D eigenvalue weighted by Gasteiger charge is 2.12. The van der Waals surface area contributed by atoms with Crippen molar-refractivity contribution < 1.29 is 0 Å². The van der Waals surface area contributed by atoms with Crippen molar-refractivity contribution in [1.82, 2.24) is 25.7 Å². The lowest BCUT2D eigenvalue weighted by molar-refractivity contribution is 0.574. The molecule has 2 rings (SSSR count). The fraction of sp³-hybridized carbons (Fsp3) is 0.300. The van der Waals surface area contributed by atoms with Gasteiger partial charge in [-0.1, -0.05) is 0 Å². The molecule has 0 amide bonds. The second-order valence-corrected chi connectivity index (χ2v) is 3.30. The van der Waals surface area contributed by atoms with Gasteiger partial charge in [-0.2, -0.15) is 15.4 Å². The summed E-state index contributed by atoms with van der Waals surface area (Å²) in [6, 6.07) is 4.20. The van der Waals surface area contributed by atoms with E-state index in [4.69, 9.17) is 0 Å². The molecule has 15 heavy (non-hydrogen) atoms. The smallest absolute Gasteiger partial charge is 0.0997 e. The van der Waals surface area contributed by atoms with Crippen LogP contribution in [0.1, 0.15) is 17.3 Å². The Morgan fingerprint density at radius 2 is 2.20 bits per heavy atom. The minimum absolute atomic E-state index is 0.186. The number of likely N-dealkylation sites (N-methyl/N-ethyl adjacent to an activating group) is 1. The Morgan fingerprint density at radius 3 is 2.80 bits per heavy atom. The molecule has 0 aliphatic heterocycles. The van der Waals surface area contributed by atoms with E-state index in [9.17, 15) is 0 Å². The van der Waals surface area contributed by atoms with E-state index in [1.165, 1.54) is 5.56 Å². The van der Waals surface area contributed by atoms with E-state index in [1.807, 2.05) is 19.2 Å². The van der Waals surface area contributed by atoms with Gasteiger partial charge in [0.1, 0.15) is 0 Å². The largest absolute Gasteiger partial charge is 0.311 e. The molecule has 0 aromatic carbocycles. The van der Waals surface area contributed by atoms with Gasteiger partial charge in [0.2, 0.25) is 0 Å². The lowest BCUT2D eigenvalue weighted by atomic mass is 10.1. The Bertz CT molecular complexity index is 383. The van der Waals surface area contributed by atoms with Crippen LogP contribution in [0.3, 0.4) is 0 Å². The molecule has 1 atom stereocenters. The highest BCUT2D eigenvalue weighted by atomic mass is 15.3. The Morgan fingerprint density at radius 1 is 1.40 bits per heavy atom. The molecule has 0 aliphatic rings. The van der Waals surface area contributed by atoms with Gasteiger partial charge in [-0.3, -0.25) is 4.98 Å². The minimum atomic E-state index is 0.186. The van der Waals surface area contributed by atoms with E-state index in [0.29, 0.717) is 0 Å². The summed E-state index contributed by atoms with van der Waals surface area (Å²) in [7, 11) is 1.92. The van der Waals surface area contributed by atoms with Crippen molar-refractivity contribution in [2.75, 3.05) is 7.05 Å². The van der Waals surface area contributed by atoms with Crippen LogP contribution in [-0.4, -0.2) is 27.4 Å². The van der Waals surface area contributed by atoms with E-state index in [2.05, 4.69) is 25.7 Å². The molecule has 0 spiro atoms. The summed E-state index contributed by atoms with van der Waals surface area (Å²) in [5.74, 6) is 0. The van der Waals surface area contributed by atoms with Gasteiger partial charge in [0.05, 0.1) is 17.9 Å². The van der Waals surface area contributed by atoms with Crippen molar-refractivity contribution in [2.24, 2.45) is 0 Å². The highest BCUT2D eigenvalue weighted by molar-refractivity contribution is 5.14. The first kappa shape index (κ1) is 9.79. The third-order valence-electron chi connectivity index (χ3n) is 2.33. The van der Waals surface area contributed by atoms with Gasteiger partial charge >= 0.3 is 0 Å². The van der Waals surface area contributed by atoms with Gasteiger partial charge < -0.3 is 5.32 Å². The number of aromatic nitrogens is 4. The van der Waals surface area contributed by atoms with Crippen molar-refractivity contribution in [1.29, 1.82) is 0 Å². The third kappa shape index (κ3) is 2.38. The maximum Gasteiger partial charge on any atom is 0.0997 e. The molecule has 2 heterocycles. The summed E-state index contributed by atoms with van der Waals surface area (Å²) >= 11 is 0. The van der Waals surface area contributed by atoms with Crippen LogP contribution in [0.5, 0.6) is 0 Å². The fourth-order valence-electron chi connectivity index (χ4n) is 1.49. The number of H-pyrrole nitrogens is 1. The second kappa shape index (κ2) is 4.65. The summed E-state index contributed by atoms with van der Waals surface area (Å²) in [6.45, 7) is 0. The van der Waals surface area contributed by atoms with Crippen molar-refractivity contribution >= 4 is 0 Å². The number of aromatic amines is 1. The molecule has 5 heteroatoms. The van der Waals surface area contributed by atoms with Gasteiger partial charge in [0.25, 0.3) is 0 Å². The lowest BCUT2D eigenvalue weighted by Crippen LogP contribution is -2.19. The molecule has 78 valence electrons. The number of hydrogen-bond acceptors (Lipinski definition) is 4. The van der Waals surface area contributed by atoms with Crippen LogP contribution >= 0.6 is 0 Å². The molecule has 0 radical (unpaired) electrons. The number of nitrogens with one attached hydrogen (secondary N) is 2. The standard InChI is InChI=1S/C10H13N5/c1-11-9(10-7-13-15-14-10)6-8-2-4-12-5-3-8/h2-5,7,9,11H,6H2,1H3,(H,13,14,15). The topological polar surface area (TPSA) is 66.5 Å². The monoisotopic (exact) mass is 203 g/mol. The van der Waals surface area contributed by atoms with Crippen molar-refractivity contribution in [3.63, 3.8) is 0 Å². The number of nitrogens with zero attached hydrogens (tertiary/aromatic N) is 3.